The average Bonchev–Trinajstić information content (AvgIpc) is 2.71. The minimum Gasteiger partial charge on any atom is -0.503 e. The molecule has 4 N–H and O–H groups in total. The summed E-state index contributed by atoms with van der Waals surface area (Å²) in [6.07, 6.45) is 4.19. The van der Waals surface area contributed by atoms with Gasteiger partial charge in [0, 0.05) is 12.7 Å². The van der Waals surface area contributed by atoms with Gasteiger partial charge in [-0.3, -0.25) is 19.4 Å². The Labute approximate surface area is 164 Å². The van der Waals surface area contributed by atoms with Gasteiger partial charge in [0.25, 0.3) is 0 Å². The van der Waals surface area contributed by atoms with Crippen LogP contribution in [0.25, 0.3) is 0 Å². The number of nitrogens with zero attached hydrogens (tertiary/aromatic N) is 2. The number of pyridine rings is 1. The number of nitrogens with one attached hydrogen (secondary N) is 1. The van der Waals surface area contributed by atoms with Gasteiger partial charge in [0.05, 0.1) is 23.5 Å². The fourth-order valence-electron chi connectivity index (χ4n) is 3.26. The largest absolute Gasteiger partial charge is 0.503 e. The molecule has 1 aliphatic heterocycles. The summed E-state index contributed by atoms with van der Waals surface area (Å²) in [5.41, 5.74) is 5.47. The SMILES string of the molecule is NC(=O)c1cncc(NC(=O)C(=O)N2CCCC[C@H]2c2cc(F)c(O)c(F)c2)c1. The molecule has 0 unspecified atom stereocenters. The molecule has 1 aliphatic rings. The third-order valence-electron chi connectivity index (χ3n) is 4.66. The van der Waals surface area contributed by atoms with E-state index in [9.17, 15) is 28.3 Å². The summed E-state index contributed by atoms with van der Waals surface area (Å²) in [6, 6.07) is 2.46. The Bertz CT molecular complexity index is 959. The lowest BCUT2D eigenvalue weighted by Crippen LogP contribution is -2.44. The maximum absolute atomic E-state index is 13.8. The number of phenolic OH excluding ortho intramolecular Hbond substituents is 1. The van der Waals surface area contributed by atoms with Crippen LogP contribution in [0.4, 0.5) is 14.5 Å². The molecule has 10 heteroatoms. The first-order chi connectivity index (χ1) is 13.8. The monoisotopic (exact) mass is 404 g/mol. The molecule has 8 nitrogen and oxygen atoms in total. The van der Waals surface area contributed by atoms with E-state index in [1.54, 1.807) is 0 Å². The Morgan fingerprint density at radius 2 is 1.83 bits per heavy atom. The molecule has 1 atom stereocenters. The van der Waals surface area contributed by atoms with Gasteiger partial charge >= 0.3 is 11.8 Å². The number of phenols is 1. The zero-order valence-electron chi connectivity index (χ0n) is 15.2. The normalized spacial score (nSPS) is 16.3. The van der Waals surface area contributed by atoms with E-state index in [1.165, 1.54) is 23.4 Å². The maximum atomic E-state index is 13.8. The number of piperidine rings is 1. The highest BCUT2D eigenvalue weighted by Crippen LogP contribution is 2.34. The van der Waals surface area contributed by atoms with Crippen LogP contribution < -0.4 is 11.1 Å². The summed E-state index contributed by atoms with van der Waals surface area (Å²) < 4.78 is 27.5. The van der Waals surface area contributed by atoms with Crippen molar-refractivity contribution in [2.24, 2.45) is 5.73 Å². The van der Waals surface area contributed by atoms with Crippen LogP contribution in [0.2, 0.25) is 0 Å². The quantitative estimate of drug-likeness (QED) is 0.673. The van der Waals surface area contributed by atoms with Crippen LogP contribution in [-0.2, 0) is 9.59 Å². The Morgan fingerprint density at radius 1 is 1.14 bits per heavy atom. The first kappa shape index (κ1) is 20.2. The van der Waals surface area contributed by atoms with Crippen molar-refractivity contribution in [1.29, 1.82) is 0 Å². The Morgan fingerprint density at radius 3 is 2.48 bits per heavy atom. The topological polar surface area (TPSA) is 126 Å². The zero-order chi connectivity index (χ0) is 21.1. The summed E-state index contributed by atoms with van der Waals surface area (Å²) >= 11 is 0. The number of aromatic nitrogens is 1. The Kier molecular flexibility index (Phi) is 5.71. The highest BCUT2D eigenvalue weighted by Gasteiger charge is 2.33. The summed E-state index contributed by atoms with van der Waals surface area (Å²) in [5, 5.41) is 11.6. The molecule has 2 heterocycles. The highest BCUT2D eigenvalue weighted by atomic mass is 19.1. The molecule has 29 heavy (non-hydrogen) atoms. The maximum Gasteiger partial charge on any atom is 0.313 e. The van der Waals surface area contributed by atoms with Gasteiger partial charge in [0.2, 0.25) is 5.91 Å². The third kappa shape index (κ3) is 4.31. The molecule has 0 saturated carbocycles. The van der Waals surface area contributed by atoms with E-state index in [0.717, 1.165) is 12.1 Å². The van der Waals surface area contributed by atoms with Crippen LogP contribution in [0, 0.1) is 11.6 Å². The highest BCUT2D eigenvalue weighted by molar-refractivity contribution is 6.39. The number of halogens is 2. The summed E-state index contributed by atoms with van der Waals surface area (Å²) in [5.74, 6) is -6.00. The lowest BCUT2D eigenvalue weighted by molar-refractivity contribution is -0.145. The van der Waals surface area contributed by atoms with Gasteiger partial charge in [-0.05, 0) is 43.0 Å². The van der Waals surface area contributed by atoms with Crippen molar-refractivity contribution in [2.45, 2.75) is 25.3 Å². The van der Waals surface area contributed by atoms with E-state index >= 15 is 0 Å². The van der Waals surface area contributed by atoms with Crippen molar-refractivity contribution < 1.29 is 28.3 Å². The second kappa shape index (κ2) is 8.21. The molecular weight excluding hydrogens is 386 g/mol. The number of hydrogen-bond acceptors (Lipinski definition) is 5. The van der Waals surface area contributed by atoms with Gasteiger partial charge in [-0.25, -0.2) is 8.78 Å². The molecule has 3 rings (SSSR count). The Hall–Kier alpha value is -3.56. The van der Waals surface area contributed by atoms with E-state index in [-0.39, 0.29) is 23.4 Å². The number of benzene rings is 1. The average molecular weight is 404 g/mol. The van der Waals surface area contributed by atoms with E-state index < -0.39 is 41.1 Å². The zero-order valence-corrected chi connectivity index (χ0v) is 15.2. The van der Waals surface area contributed by atoms with Crippen molar-refractivity contribution in [1.82, 2.24) is 9.88 Å². The fourth-order valence-corrected chi connectivity index (χ4v) is 3.26. The fraction of sp³-hybridized carbons (Fsp3) is 0.263. The number of primary amides is 1. The second-order valence-electron chi connectivity index (χ2n) is 6.62. The predicted molar refractivity (Wildman–Crippen MR) is 97.7 cm³/mol. The molecule has 0 bridgehead atoms. The molecule has 1 saturated heterocycles. The molecule has 2 aromatic rings. The number of anilines is 1. The van der Waals surface area contributed by atoms with Crippen LogP contribution in [0.3, 0.4) is 0 Å². The van der Waals surface area contributed by atoms with Crippen LogP contribution >= 0.6 is 0 Å². The molecule has 0 aliphatic carbocycles. The van der Waals surface area contributed by atoms with Gasteiger partial charge in [0.1, 0.15) is 0 Å². The molecule has 152 valence electrons. The van der Waals surface area contributed by atoms with Crippen LogP contribution in [0.15, 0.2) is 30.6 Å². The predicted octanol–water partition coefficient (Wildman–Crippen LogP) is 1.86. The molecule has 0 radical (unpaired) electrons. The van der Waals surface area contributed by atoms with Crippen molar-refractivity contribution in [2.75, 3.05) is 11.9 Å². The number of carbonyl (C=O) groups excluding carboxylic acids is 3. The van der Waals surface area contributed by atoms with Gasteiger partial charge in [-0.2, -0.15) is 0 Å². The molecule has 1 fully saturated rings. The first-order valence-corrected chi connectivity index (χ1v) is 8.82. The number of amides is 3. The van der Waals surface area contributed by atoms with E-state index in [1.807, 2.05) is 0 Å². The van der Waals surface area contributed by atoms with Crippen molar-refractivity contribution in [3.63, 3.8) is 0 Å². The van der Waals surface area contributed by atoms with Gasteiger partial charge in [-0.15, -0.1) is 0 Å². The minimum atomic E-state index is -1.14. The molecule has 1 aromatic heterocycles. The molecule has 1 aromatic carbocycles. The van der Waals surface area contributed by atoms with Crippen LogP contribution in [0.5, 0.6) is 5.75 Å². The summed E-state index contributed by atoms with van der Waals surface area (Å²) in [4.78, 5) is 41.3. The third-order valence-corrected chi connectivity index (χ3v) is 4.66. The molecule has 3 amide bonds. The van der Waals surface area contributed by atoms with Crippen molar-refractivity contribution in [3.8, 4) is 5.75 Å². The van der Waals surface area contributed by atoms with Crippen LogP contribution in [-0.4, -0.2) is 39.3 Å². The van der Waals surface area contributed by atoms with Gasteiger partial charge in [-0.1, -0.05) is 0 Å². The smallest absolute Gasteiger partial charge is 0.313 e. The summed E-state index contributed by atoms with van der Waals surface area (Å²) in [6.45, 7) is 0.223. The lowest BCUT2D eigenvalue weighted by Gasteiger charge is -2.35. The van der Waals surface area contributed by atoms with E-state index in [0.29, 0.717) is 19.3 Å². The summed E-state index contributed by atoms with van der Waals surface area (Å²) in [7, 11) is 0. The van der Waals surface area contributed by atoms with Crippen molar-refractivity contribution in [3.05, 3.63) is 53.4 Å². The van der Waals surface area contributed by atoms with Gasteiger partial charge < -0.3 is 21.1 Å². The lowest BCUT2D eigenvalue weighted by atomic mass is 9.94. The molecule has 0 spiro atoms. The standard InChI is InChI=1S/C19H18F2N4O4/c20-13-6-10(7-14(21)16(13)26)15-3-1-2-4-25(15)19(29)18(28)24-12-5-11(17(22)27)8-23-9-12/h5-9,15,26H,1-4H2,(H2,22,27)(H,24,28)/t15-/m0/s1. The molecular formula is C19H18F2N4O4. The number of likely N-dealkylation sites (tertiary alicyclic amines) is 1. The van der Waals surface area contributed by atoms with Crippen molar-refractivity contribution >= 4 is 23.4 Å². The van der Waals surface area contributed by atoms with Gasteiger partial charge in [0.15, 0.2) is 17.4 Å². The number of hydrogen-bond donors (Lipinski definition) is 3. The number of carbonyl (C=O) groups is 3. The first-order valence-electron chi connectivity index (χ1n) is 8.82. The Balaban J connectivity index is 1.81. The van der Waals surface area contributed by atoms with E-state index in [4.69, 9.17) is 5.73 Å². The number of rotatable bonds is 3. The van der Waals surface area contributed by atoms with Crippen LogP contribution in [0.1, 0.15) is 41.2 Å². The minimum absolute atomic E-state index is 0.0566. The number of aromatic hydroxyl groups is 1. The van der Waals surface area contributed by atoms with E-state index in [2.05, 4.69) is 10.3 Å². The number of nitrogens with two attached hydrogens (primary N) is 1. The second-order valence-corrected chi connectivity index (χ2v) is 6.62.